The second-order valence-corrected chi connectivity index (χ2v) is 19.4. The van der Waals surface area contributed by atoms with Crippen LogP contribution in [0.3, 0.4) is 0 Å². The summed E-state index contributed by atoms with van der Waals surface area (Å²) in [6.45, 7) is 8.96. The van der Waals surface area contributed by atoms with Gasteiger partial charge in [0.2, 0.25) is 0 Å². The van der Waals surface area contributed by atoms with Gasteiger partial charge in [-0.1, -0.05) is 175 Å². The zero-order chi connectivity index (χ0) is 45.0. The van der Waals surface area contributed by atoms with Gasteiger partial charge in [0.1, 0.15) is 0 Å². The standard InChI is InChI=1S/C36H29N.C30H22/c1-24-13-19-32-33-20-14-25(2)30-21-22-31(36(35(30)33)34(32)23-24)26-15-17-29(18-16-26)37(27-9-5-3-6-10-27)28-11-7-4-8-12-28;1-18-11-13-20-23-14-12-19(2)25-16-30(17-26(29(23)25)24(20)15-18)27-9-5-3-7-21(27)22-8-4-6-10-28(22)30/h3-20,23H,21-22H2,1-2H3;3-15,17H,16H2,1-2H3. The quantitative estimate of drug-likeness (QED) is 0.170. The molecule has 0 radical (unpaired) electrons. The third kappa shape index (κ3) is 6.00. The summed E-state index contributed by atoms with van der Waals surface area (Å²) in [5.74, 6) is 0. The minimum Gasteiger partial charge on any atom is -0.311 e. The Bertz CT molecular complexity index is 3480. The third-order valence-corrected chi connectivity index (χ3v) is 15.5. The van der Waals surface area contributed by atoms with E-state index in [1.54, 1.807) is 0 Å². The average Bonchev–Trinajstić information content (AvgIpc) is 3.96. The molecule has 5 aliphatic rings. The average molecular weight is 858 g/mol. The molecule has 0 saturated heterocycles. The van der Waals surface area contributed by atoms with Crippen LogP contribution in [-0.4, -0.2) is 0 Å². The number of allylic oxidation sites excluding steroid dienone is 2. The molecule has 0 fully saturated rings. The molecule has 0 aliphatic heterocycles. The number of rotatable bonds is 4. The lowest BCUT2D eigenvalue weighted by molar-refractivity contribution is 0.646. The molecule has 5 aliphatic carbocycles. The summed E-state index contributed by atoms with van der Waals surface area (Å²) in [4.78, 5) is 2.33. The van der Waals surface area contributed by atoms with E-state index in [0.717, 1.165) is 30.6 Å². The lowest BCUT2D eigenvalue weighted by Gasteiger charge is -2.35. The molecule has 14 rings (SSSR count). The van der Waals surface area contributed by atoms with E-state index in [0.29, 0.717) is 0 Å². The molecular formula is C66H51N. The molecule has 0 bridgehead atoms. The molecular weight excluding hydrogens is 807 g/mol. The number of hydrogen-bond donors (Lipinski definition) is 0. The largest absolute Gasteiger partial charge is 0.311 e. The van der Waals surface area contributed by atoms with E-state index in [9.17, 15) is 0 Å². The summed E-state index contributed by atoms with van der Waals surface area (Å²) in [6.07, 6.45) is 5.81. The Hall–Kier alpha value is -7.74. The molecule has 1 heteroatoms. The maximum Gasteiger partial charge on any atom is 0.0462 e. The van der Waals surface area contributed by atoms with Crippen LogP contribution in [0.1, 0.15) is 78.7 Å². The van der Waals surface area contributed by atoms with Gasteiger partial charge in [0.15, 0.2) is 0 Å². The maximum atomic E-state index is 2.61. The van der Waals surface area contributed by atoms with Gasteiger partial charge in [0.25, 0.3) is 0 Å². The second-order valence-electron chi connectivity index (χ2n) is 19.4. The van der Waals surface area contributed by atoms with E-state index in [1.807, 2.05) is 0 Å². The lowest BCUT2D eigenvalue weighted by atomic mass is 9.67. The molecule has 0 unspecified atom stereocenters. The van der Waals surface area contributed by atoms with Crippen molar-refractivity contribution in [2.75, 3.05) is 4.90 Å². The van der Waals surface area contributed by atoms with Crippen LogP contribution in [0.2, 0.25) is 0 Å². The molecule has 0 saturated carbocycles. The van der Waals surface area contributed by atoms with Crippen LogP contribution in [0.15, 0.2) is 200 Å². The van der Waals surface area contributed by atoms with Gasteiger partial charge in [-0.05, 0) is 195 Å². The molecule has 0 aromatic heterocycles. The highest BCUT2D eigenvalue weighted by Gasteiger charge is 2.46. The predicted molar refractivity (Wildman–Crippen MR) is 282 cm³/mol. The number of hydrogen-bond acceptors (Lipinski definition) is 1. The van der Waals surface area contributed by atoms with Gasteiger partial charge in [0.05, 0.1) is 0 Å². The first-order valence-electron chi connectivity index (χ1n) is 24.0. The van der Waals surface area contributed by atoms with Crippen molar-refractivity contribution in [3.8, 4) is 33.4 Å². The van der Waals surface area contributed by atoms with Gasteiger partial charge in [-0.2, -0.15) is 0 Å². The summed E-state index contributed by atoms with van der Waals surface area (Å²) in [6, 6.07) is 71.7. The SMILES string of the molecule is Cc1ccc2c(c1)C1=C(c3ccc(N(c4ccccc4)c4ccccc4)cc3)CCc3c(C)ccc-2c31.Cc1ccc2c(c1)C1=CC3(Cc4c(C)ccc-2c41)c1ccccc1-c1ccccc13. The molecule has 0 N–H and O–H groups in total. The van der Waals surface area contributed by atoms with Crippen LogP contribution < -0.4 is 4.90 Å². The zero-order valence-corrected chi connectivity index (χ0v) is 38.6. The van der Waals surface area contributed by atoms with Gasteiger partial charge < -0.3 is 4.90 Å². The van der Waals surface area contributed by atoms with Crippen LogP contribution in [0.5, 0.6) is 0 Å². The molecule has 0 amide bonds. The zero-order valence-electron chi connectivity index (χ0n) is 38.6. The Morgan fingerprint density at radius 1 is 0.388 bits per heavy atom. The number of fused-ring (bicyclic) bond motifs is 11. The van der Waals surface area contributed by atoms with Gasteiger partial charge in [-0.25, -0.2) is 0 Å². The molecule has 9 aromatic carbocycles. The molecule has 67 heavy (non-hydrogen) atoms. The molecule has 9 aromatic rings. The third-order valence-electron chi connectivity index (χ3n) is 15.5. The first-order valence-corrected chi connectivity index (χ1v) is 24.0. The summed E-state index contributed by atoms with van der Waals surface area (Å²) in [5.41, 5.74) is 34.6. The van der Waals surface area contributed by atoms with Crippen molar-refractivity contribution in [1.82, 2.24) is 0 Å². The Balaban J connectivity index is 0.000000136. The second kappa shape index (κ2) is 15.2. The van der Waals surface area contributed by atoms with Gasteiger partial charge in [-0.3, -0.25) is 0 Å². The van der Waals surface area contributed by atoms with Gasteiger partial charge in [-0.15, -0.1) is 0 Å². The number of nitrogens with zero attached hydrogens (tertiary/aromatic N) is 1. The summed E-state index contributed by atoms with van der Waals surface area (Å²) in [5, 5.41) is 0. The summed E-state index contributed by atoms with van der Waals surface area (Å²) >= 11 is 0. The monoisotopic (exact) mass is 857 g/mol. The van der Waals surface area contributed by atoms with Crippen LogP contribution in [0, 0.1) is 27.7 Å². The van der Waals surface area contributed by atoms with E-state index in [2.05, 4.69) is 233 Å². The topological polar surface area (TPSA) is 3.24 Å². The fourth-order valence-corrected chi connectivity index (χ4v) is 12.4. The van der Waals surface area contributed by atoms with Crippen molar-refractivity contribution in [2.24, 2.45) is 0 Å². The normalized spacial score (nSPS) is 14.5. The Labute approximate surface area is 395 Å². The number of benzene rings is 9. The Kier molecular flexibility index (Phi) is 8.96. The van der Waals surface area contributed by atoms with E-state index in [4.69, 9.17) is 0 Å². The fraction of sp³-hybridized carbons (Fsp3) is 0.121. The van der Waals surface area contributed by atoms with Crippen molar-refractivity contribution in [3.05, 3.63) is 273 Å². The minimum atomic E-state index is -0.0930. The first-order chi connectivity index (χ1) is 32.9. The maximum absolute atomic E-state index is 2.61. The lowest BCUT2D eigenvalue weighted by Crippen LogP contribution is -2.29. The highest BCUT2D eigenvalue weighted by Crippen LogP contribution is 2.59. The highest BCUT2D eigenvalue weighted by molar-refractivity contribution is 6.12. The van der Waals surface area contributed by atoms with Crippen LogP contribution in [-0.2, 0) is 18.3 Å². The van der Waals surface area contributed by atoms with Crippen LogP contribution >= 0.6 is 0 Å². The van der Waals surface area contributed by atoms with Crippen LogP contribution in [0.25, 0.3) is 50.1 Å². The van der Waals surface area contributed by atoms with E-state index in [1.165, 1.54) is 128 Å². The number of aryl methyl sites for hydroxylation is 4. The molecule has 1 spiro atoms. The van der Waals surface area contributed by atoms with Crippen molar-refractivity contribution in [1.29, 1.82) is 0 Å². The predicted octanol–water partition coefficient (Wildman–Crippen LogP) is 16.9. The molecule has 1 nitrogen and oxygen atoms in total. The Morgan fingerprint density at radius 3 is 1.52 bits per heavy atom. The van der Waals surface area contributed by atoms with Crippen molar-refractivity contribution in [2.45, 2.75) is 52.4 Å². The van der Waals surface area contributed by atoms with E-state index in [-0.39, 0.29) is 5.41 Å². The van der Waals surface area contributed by atoms with E-state index >= 15 is 0 Å². The molecule has 320 valence electrons. The molecule has 0 atom stereocenters. The summed E-state index contributed by atoms with van der Waals surface area (Å²) in [7, 11) is 0. The van der Waals surface area contributed by atoms with E-state index < -0.39 is 0 Å². The smallest absolute Gasteiger partial charge is 0.0462 e. The highest BCUT2D eigenvalue weighted by atomic mass is 15.1. The summed E-state index contributed by atoms with van der Waals surface area (Å²) < 4.78 is 0. The molecule has 0 heterocycles. The van der Waals surface area contributed by atoms with Crippen molar-refractivity contribution in [3.63, 3.8) is 0 Å². The first kappa shape index (κ1) is 39.6. The fourth-order valence-electron chi connectivity index (χ4n) is 12.4. The number of para-hydroxylation sites is 2. The van der Waals surface area contributed by atoms with Gasteiger partial charge >= 0.3 is 0 Å². The van der Waals surface area contributed by atoms with Crippen LogP contribution in [0.4, 0.5) is 17.1 Å². The van der Waals surface area contributed by atoms with Crippen molar-refractivity contribution < 1.29 is 0 Å². The van der Waals surface area contributed by atoms with Crippen molar-refractivity contribution >= 4 is 33.8 Å². The minimum absolute atomic E-state index is 0.0930. The number of anilines is 3. The Morgan fingerprint density at radius 2 is 0.896 bits per heavy atom. The van der Waals surface area contributed by atoms with Gasteiger partial charge in [0, 0.05) is 22.5 Å².